The van der Waals surface area contributed by atoms with E-state index in [2.05, 4.69) is 10.6 Å². The smallest absolute Gasteiger partial charge is 0.410 e. The summed E-state index contributed by atoms with van der Waals surface area (Å²) >= 11 is 0. The lowest BCUT2D eigenvalue weighted by Gasteiger charge is -2.41. The molecule has 100 heavy (non-hydrogen) atoms. The average Bonchev–Trinajstić information content (AvgIpc) is 1.70. The van der Waals surface area contributed by atoms with E-state index < -0.39 is 102 Å². The second-order valence-corrected chi connectivity index (χ2v) is 30.2. The van der Waals surface area contributed by atoms with Crippen LogP contribution in [0, 0.1) is 65.1 Å². The quantitative estimate of drug-likeness (QED) is 0.0356. The number of methoxy groups -OCH3 is 2. The fourth-order valence-electron chi connectivity index (χ4n) is 15.3. The maximum absolute atomic E-state index is 14.9. The maximum Gasteiger partial charge on any atom is 0.410 e. The topological polar surface area (TPSA) is 265 Å². The van der Waals surface area contributed by atoms with Crippen molar-refractivity contribution in [3.05, 3.63) is 65.7 Å². The number of carbonyl (C=O) groups excluding carboxylic acids is 9. The number of unbranched alkanes of at least 4 members (excludes halogenated alkanes) is 2. The Kier molecular flexibility index (Phi) is 33.9. The van der Waals surface area contributed by atoms with Crippen molar-refractivity contribution in [1.82, 2.24) is 24.9 Å². The van der Waals surface area contributed by atoms with E-state index in [-0.39, 0.29) is 123 Å². The predicted octanol–water partition coefficient (Wildman–Crippen LogP) is 11.9. The summed E-state index contributed by atoms with van der Waals surface area (Å²) in [6.07, 6.45) is -1.78. The van der Waals surface area contributed by atoms with E-state index >= 15 is 0 Å². The highest BCUT2D eigenvalue weighted by atomic mass is 19.4. The van der Waals surface area contributed by atoms with E-state index in [4.69, 9.17) is 19.9 Å². The molecule has 6 amide bonds. The molecule has 0 radical (unpaired) electrons. The molecule has 14 atom stereocenters. The molecule has 2 aliphatic heterocycles. The minimum absolute atomic E-state index is 0.0602. The van der Waals surface area contributed by atoms with Gasteiger partial charge < -0.3 is 45.1 Å². The van der Waals surface area contributed by atoms with E-state index in [9.17, 15) is 61.4 Å². The highest BCUT2D eigenvalue weighted by Gasteiger charge is 2.46. The number of ketones is 3. The van der Waals surface area contributed by atoms with Gasteiger partial charge in [-0.05, 0) is 116 Å². The number of anilines is 1. The third kappa shape index (κ3) is 23.7. The van der Waals surface area contributed by atoms with E-state index in [1.165, 1.54) is 24.0 Å². The van der Waals surface area contributed by atoms with Gasteiger partial charge in [0.1, 0.15) is 18.4 Å². The Bertz CT molecular complexity index is 2960. The molecule has 1 aliphatic carbocycles. The number of amides is 6. The summed E-state index contributed by atoms with van der Waals surface area (Å²) in [7, 11) is 6.23. The third-order valence-corrected chi connectivity index (χ3v) is 21.7. The lowest BCUT2D eigenvalue weighted by Crippen LogP contribution is -2.54. The molecule has 2 saturated heterocycles. The number of alkyl halides is 3. The summed E-state index contributed by atoms with van der Waals surface area (Å²) in [5.41, 5.74) is 7.65. The number of likely N-dealkylation sites (N-methyl/N-ethyl adjacent to an activating group) is 2. The monoisotopic (exact) mass is 1410 g/mol. The number of hydrogen-bond acceptors (Lipinski definition) is 15. The molecular formula is C77H120F3N7O13. The molecule has 0 bridgehead atoms. The largest absolute Gasteiger partial charge is 0.445 e. The molecule has 23 heteroatoms. The Balaban J connectivity index is 1.20. The number of aliphatic hydroxyl groups is 1. The number of hydrogen-bond donors (Lipinski definition) is 4. The van der Waals surface area contributed by atoms with Crippen molar-refractivity contribution in [2.24, 2.45) is 70.8 Å². The summed E-state index contributed by atoms with van der Waals surface area (Å²) in [5.74, 6) is -6.40. The van der Waals surface area contributed by atoms with Gasteiger partial charge in [0.15, 0.2) is 11.6 Å². The number of aliphatic hydroxyl groups excluding tert-OH is 1. The van der Waals surface area contributed by atoms with Crippen LogP contribution in [0.5, 0.6) is 0 Å². The summed E-state index contributed by atoms with van der Waals surface area (Å²) in [5, 5.41) is 16.6. The molecule has 3 fully saturated rings. The van der Waals surface area contributed by atoms with Crippen LogP contribution in [-0.4, -0.2) is 174 Å². The van der Waals surface area contributed by atoms with Crippen molar-refractivity contribution in [2.45, 2.75) is 247 Å². The van der Waals surface area contributed by atoms with Crippen LogP contribution in [0.15, 0.2) is 54.6 Å². The first-order valence-electron chi connectivity index (χ1n) is 36.8. The number of ether oxygens (including phenoxy) is 3. The van der Waals surface area contributed by atoms with Gasteiger partial charge in [0.05, 0.1) is 48.9 Å². The first-order chi connectivity index (χ1) is 47.2. The van der Waals surface area contributed by atoms with Crippen LogP contribution in [-0.2, 0) is 59.2 Å². The average molecular weight is 1410 g/mol. The van der Waals surface area contributed by atoms with Crippen LogP contribution >= 0.6 is 0 Å². The van der Waals surface area contributed by atoms with Gasteiger partial charge in [-0.3, -0.25) is 48.6 Å². The van der Waals surface area contributed by atoms with Gasteiger partial charge in [0.2, 0.25) is 29.5 Å². The Labute approximate surface area is 593 Å². The van der Waals surface area contributed by atoms with Crippen molar-refractivity contribution >= 4 is 58.7 Å². The fraction of sp³-hybridized carbons (Fsp3) is 0.727. The van der Waals surface area contributed by atoms with Crippen molar-refractivity contribution in [2.75, 3.05) is 53.3 Å². The molecule has 2 aromatic carbocycles. The Morgan fingerprint density at radius 2 is 1.38 bits per heavy atom. The Morgan fingerprint density at radius 3 is 1.93 bits per heavy atom. The number of likely N-dealkylation sites (tertiary alicyclic amines) is 2. The van der Waals surface area contributed by atoms with Gasteiger partial charge in [-0.1, -0.05) is 151 Å². The second-order valence-electron chi connectivity index (χ2n) is 30.2. The van der Waals surface area contributed by atoms with Gasteiger partial charge in [-0.25, -0.2) is 4.79 Å². The molecule has 2 heterocycles. The Hall–Kier alpha value is -6.14. The number of nitrogens with one attached hydrogen (secondary N) is 2. The molecule has 1 unspecified atom stereocenters. The molecule has 5 N–H and O–H groups in total. The van der Waals surface area contributed by atoms with Crippen molar-refractivity contribution in [3.63, 3.8) is 0 Å². The normalized spacial score (nSPS) is 21.2. The standard InChI is InChI=1S/C77H120F3N7O13/c1-16-49(8)70(64(98-14)43-67(92)86-37-23-26-60(86)72(99-15)52(11)61(88)38-50(9)71(93)56-24-19-17-20-25-56)84(12)75(96)59(46(2)3)42-63(90)69(48(6)7)85(13)76(97)100-45-55-32-34-58(35-33-55)82-73(94)57(40-53-28-30-54(44-81)31-29-53)41-62(89)68(47(4)5)83-65(77(78,79)80)27-21-18-22-36-87-66(91)39-51(10)74(87)95/h17,19-20,24-25,32-35,46-54,57,59-60,64-65,68-72,83,93H,16,18,21-23,26-31,36-45,81H2,1-15H3,(H,82,94)/t49-,50-,51?,52-,53?,54?,57+,59-,60-,64+,65+,68-,69-,70-,71+,72+/m0/s1. The number of Topliss-reactive ketones (excluding diaryl/α,β-unsaturated/α-hetero) is 3. The van der Waals surface area contributed by atoms with E-state index in [0.717, 1.165) is 31.2 Å². The molecule has 2 aromatic rings. The fourth-order valence-corrected chi connectivity index (χ4v) is 15.3. The number of halogens is 3. The van der Waals surface area contributed by atoms with Crippen LogP contribution in [0.3, 0.4) is 0 Å². The molecular weight excluding hydrogens is 1290 g/mol. The first-order valence-corrected chi connectivity index (χ1v) is 36.8. The highest BCUT2D eigenvalue weighted by molar-refractivity contribution is 6.03. The minimum atomic E-state index is -4.68. The van der Waals surface area contributed by atoms with E-state index in [0.29, 0.717) is 68.8 Å². The zero-order valence-electron chi connectivity index (χ0n) is 62.4. The number of nitrogens with zero attached hydrogens (tertiary/aromatic N) is 4. The SMILES string of the molecule is CC[C@H](C)[C@@H]([C@@H](CC(=O)N1CCC[C@H]1[C@H](OC)[C@@H](C)C(=O)C[C@H](C)[C@@H](O)c1ccccc1)OC)N(C)C(=O)[C@@H](CC(=O)[C@H](C(C)C)N(C)C(=O)OCc1ccc(NC(=O)[C@@H](CC(=O)[C@@H](N[C@H](CCCCCN2C(=O)CC(C)C2=O)C(F)(F)F)C(C)C)CC2CCC(CN)CC2)cc1)C(C)C. The van der Waals surface area contributed by atoms with Gasteiger partial charge in [0, 0.05) is 96.4 Å². The van der Waals surface area contributed by atoms with E-state index in [1.807, 2.05) is 85.7 Å². The van der Waals surface area contributed by atoms with E-state index in [1.54, 1.807) is 69.0 Å². The predicted molar refractivity (Wildman–Crippen MR) is 379 cm³/mol. The summed E-state index contributed by atoms with van der Waals surface area (Å²) in [6.45, 7) is 21.0. The van der Waals surface area contributed by atoms with Crippen LogP contribution in [0.4, 0.5) is 23.7 Å². The highest BCUT2D eigenvalue weighted by Crippen LogP contribution is 2.37. The molecule has 1 saturated carbocycles. The lowest BCUT2D eigenvalue weighted by molar-refractivity contribution is -0.161. The lowest BCUT2D eigenvalue weighted by atomic mass is 9.76. The van der Waals surface area contributed by atoms with Crippen LogP contribution in [0.2, 0.25) is 0 Å². The maximum atomic E-state index is 14.9. The number of benzene rings is 2. The minimum Gasteiger partial charge on any atom is -0.445 e. The molecule has 20 nitrogen and oxygen atoms in total. The van der Waals surface area contributed by atoms with Gasteiger partial charge >= 0.3 is 12.3 Å². The molecule has 0 aromatic heterocycles. The number of imide groups is 1. The van der Waals surface area contributed by atoms with Gasteiger partial charge in [-0.2, -0.15) is 13.2 Å². The zero-order valence-corrected chi connectivity index (χ0v) is 62.4. The van der Waals surface area contributed by atoms with Gasteiger partial charge in [-0.15, -0.1) is 0 Å². The Morgan fingerprint density at radius 1 is 0.740 bits per heavy atom. The second kappa shape index (κ2) is 40.1. The summed E-state index contributed by atoms with van der Waals surface area (Å²) in [4.78, 5) is 131. The van der Waals surface area contributed by atoms with Crippen LogP contribution in [0.25, 0.3) is 0 Å². The van der Waals surface area contributed by atoms with Crippen LogP contribution < -0.4 is 16.4 Å². The summed E-state index contributed by atoms with van der Waals surface area (Å²) < 4.78 is 61.9. The number of rotatable bonds is 41. The van der Waals surface area contributed by atoms with Crippen molar-refractivity contribution < 1.29 is 75.6 Å². The first kappa shape index (κ1) is 84.5. The molecule has 562 valence electrons. The molecule has 0 spiro atoms. The third-order valence-electron chi connectivity index (χ3n) is 21.7. The molecule has 3 aliphatic rings. The van der Waals surface area contributed by atoms with Crippen molar-refractivity contribution in [3.8, 4) is 0 Å². The van der Waals surface area contributed by atoms with Crippen LogP contribution in [0.1, 0.15) is 203 Å². The number of carbonyl (C=O) groups is 9. The molecule has 5 rings (SSSR count). The number of nitrogens with two attached hydrogens (primary N) is 1. The zero-order chi connectivity index (χ0) is 74.5. The summed E-state index contributed by atoms with van der Waals surface area (Å²) in [6, 6.07) is 10.6. The van der Waals surface area contributed by atoms with Gasteiger partial charge in [0.25, 0.3) is 0 Å². The van der Waals surface area contributed by atoms with Crippen molar-refractivity contribution in [1.29, 1.82) is 0 Å².